The summed E-state index contributed by atoms with van der Waals surface area (Å²) in [5, 5.41) is 0. The van der Waals surface area contributed by atoms with Crippen LogP contribution < -0.4 is 4.89 Å². The molecule has 0 spiro atoms. The molecule has 2 atom stereocenters. The first-order valence-electron chi connectivity index (χ1n) is 22.3. The van der Waals surface area contributed by atoms with Crippen molar-refractivity contribution in [1.29, 1.82) is 0 Å². The lowest BCUT2D eigenvalue weighted by atomic mass is 10.1. The zero-order valence-corrected chi connectivity index (χ0v) is 38.1. The Balaban J connectivity index is 4.52. The van der Waals surface area contributed by atoms with Crippen molar-refractivity contribution in [2.24, 2.45) is 0 Å². The molecular formula is C48H82NO8P. The number of unbranched alkanes of at least 4 members (excludes halogenated alkanes) is 11. The Morgan fingerprint density at radius 1 is 0.552 bits per heavy atom. The van der Waals surface area contributed by atoms with Crippen LogP contribution in [-0.2, 0) is 32.7 Å². The van der Waals surface area contributed by atoms with E-state index in [9.17, 15) is 19.0 Å². The highest BCUT2D eigenvalue weighted by molar-refractivity contribution is 7.45. The van der Waals surface area contributed by atoms with Gasteiger partial charge < -0.3 is 27.9 Å². The number of hydrogen-bond donors (Lipinski definition) is 0. The average Bonchev–Trinajstić information content (AvgIpc) is 3.17. The molecule has 332 valence electrons. The van der Waals surface area contributed by atoms with Gasteiger partial charge in [-0.1, -0.05) is 150 Å². The van der Waals surface area contributed by atoms with Crippen molar-refractivity contribution in [3.8, 4) is 0 Å². The number of esters is 2. The Labute approximate surface area is 354 Å². The molecule has 0 fully saturated rings. The summed E-state index contributed by atoms with van der Waals surface area (Å²) in [5.41, 5.74) is 0. The number of phosphoric acid groups is 1. The van der Waals surface area contributed by atoms with Gasteiger partial charge in [-0.25, -0.2) is 0 Å². The van der Waals surface area contributed by atoms with Crippen LogP contribution >= 0.6 is 7.82 Å². The summed E-state index contributed by atoms with van der Waals surface area (Å²) < 4.78 is 33.8. The standard InChI is InChI=1S/C48H82NO8P/c1-6-8-10-12-14-16-18-20-22-23-24-25-27-29-31-33-35-37-39-41-48(51)57-46(45-56-58(52,53)55-43-42-49(3,4)5)44-54-47(50)40-38-36-34-32-30-28-26-21-19-17-15-13-11-9-7-2/h8,10,14,16,20,22,24-25,28-31,35,37,46H,6-7,9,11-13,15,17-19,21,23,26-27,32-34,36,38-45H2,1-5H3/b10-8+,16-14+,22-20+,25-24+,30-28+,31-29+,37-35+/t46-/m1/s1. The quantitative estimate of drug-likeness (QED) is 0.0198. The molecule has 0 aromatic rings. The molecule has 1 unspecified atom stereocenters. The summed E-state index contributed by atoms with van der Waals surface area (Å²) in [6.07, 6.45) is 50.6. The van der Waals surface area contributed by atoms with Crippen LogP contribution in [0.3, 0.4) is 0 Å². The van der Waals surface area contributed by atoms with Crippen molar-refractivity contribution in [2.45, 2.75) is 161 Å². The molecule has 0 N–H and O–H groups in total. The van der Waals surface area contributed by atoms with E-state index in [-0.39, 0.29) is 26.1 Å². The van der Waals surface area contributed by atoms with E-state index in [1.165, 1.54) is 51.4 Å². The lowest BCUT2D eigenvalue weighted by Crippen LogP contribution is -2.37. The highest BCUT2D eigenvalue weighted by Gasteiger charge is 2.21. The molecule has 0 aliphatic rings. The molecular weight excluding hydrogens is 750 g/mol. The molecule has 0 aliphatic carbocycles. The SMILES string of the molecule is CC/C=C/C/C=C/C/C=C/C/C=C/C/C=C/C/C=C/CCC(=O)O[C@H](COC(=O)CCCCC/C=C/CCCCCCCCCC)COP(=O)([O-])OCC[N+](C)(C)C. The largest absolute Gasteiger partial charge is 0.756 e. The number of ether oxygens (including phenoxy) is 2. The molecule has 0 radical (unpaired) electrons. The first kappa shape index (κ1) is 55.2. The van der Waals surface area contributed by atoms with E-state index in [1.54, 1.807) is 0 Å². The monoisotopic (exact) mass is 832 g/mol. The van der Waals surface area contributed by atoms with Gasteiger partial charge in [0, 0.05) is 12.8 Å². The summed E-state index contributed by atoms with van der Waals surface area (Å²) >= 11 is 0. The Kier molecular flexibility index (Phi) is 37.7. The zero-order valence-electron chi connectivity index (χ0n) is 37.2. The number of carbonyl (C=O) groups excluding carboxylic acids is 2. The van der Waals surface area contributed by atoms with Gasteiger partial charge in [0.05, 0.1) is 27.7 Å². The second kappa shape index (κ2) is 39.6. The topological polar surface area (TPSA) is 111 Å². The number of hydrogen-bond acceptors (Lipinski definition) is 8. The van der Waals surface area contributed by atoms with Crippen LogP contribution in [0, 0.1) is 0 Å². The number of nitrogens with zero attached hydrogens (tertiary/aromatic N) is 1. The zero-order chi connectivity index (χ0) is 42.8. The van der Waals surface area contributed by atoms with Crippen LogP contribution in [0.15, 0.2) is 85.1 Å². The van der Waals surface area contributed by atoms with Crippen molar-refractivity contribution in [3.05, 3.63) is 85.1 Å². The van der Waals surface area contributed by atoms with Crippen LogP contribution in [0.5, 0.6) is 0 Å². The van der Waals surface area contributed by atoms with Gasteiger partial charge in [0.1, 0.15) is 19.8 Å². The third-order valence-corrected chi connectivity index (χ3v) is 9.88. The second-order valence-corrected chi connectivity index (χ2v) is 17.1. The number of rotatable bonds is 39. The molecule has 0 saturated heterocycles. The molecule has 9 nitrogen and oxygen atoms in total. The van der Waals surface area contributed by atoms with Gasteiger partial charge in [-0.2, -0.15) is 0 Å². The molecule has 0 rings (SSSR count). The fourth-order valence-electron chi connectivity index (χ4n) is 5.44. The molecule has 0 heterocycles. The number of allylic oxidation sites excluding steroid dienone is 14. The highest BCUT2D eigenvalue weighted by Crippen LogP contribution is 2.38. The minimum absolute atomic E-state index is 0.0509. The molecule has 58 heavy (non-hydrogen) atoms. The minimum atomic E-state index is -4.65. The second-order valence-electron chi connectivity index (χ2n) is 15.7. The lowest BCUT2D eigenvalue weighted by Gasteiger charge is -2.28. The fourth-order valence-corrected chi connectivity index (χ4v) is 6.17. The summed E-state index contributed by atoms with van der Waals surface area (Å²) in [6.45, 7) is 3.99. The summed E-state index contributed by atoms with van der Waals surface area (Å²) in [5.74, 6) is -0.958. The average molecular weight is 832 g/mol. The smallest absolute Gasteiger partial charge is 0.306 e. The maximum atomic E-state index is 12.6. The van der Waals surface area contributed by atoms with E-state index in [0.717, 1.165) is 64.2 Å². The van der Waals surface area contributed by atoms with Gasteiger partial charge >= 0.3 is 11.9 Å². The lowest BCUT2D eigenvalue weighted by molar-refractivity contribution is -0.870. The normalized spacial score (nSPS) is 14.4. The minimum Gasteiger partial charge on any atom is -0.756 e. The number of phosphoric ester groups is 1. The van der Waals surface area contributed by atoms with Gasteiger partial charge in [0.2, 0.25) is 0 Å². The van der Waals surface area contributed by atoms with Gasteiger partial charge in [0.15, 0.2) is 6.10 Å². The summed E-state index contributed by atoms with van der Waals surface area (Å²) in [6, 6.07) is 0. The molecule has 0 bridgehead atoms. The Morgan fingerprint density at radius 2 is 1.02 bits per heavy atom. The maximum absolute atomic E-state index is 12.6. The third kappa shape index (κ3) is 42.8. The first-order valence-corrected chi connectivity index (χ1v) is 23.8. The van der Waals surface area contributed by atoms with Gasteiger partial charge in [0.25, 0.3) is 7.82 Å². The van der Waals surface area contributed by atoms with Gasteiger partial charge in [-0.3, -0.25) is 14.2 Å². The van der Waals surface area contributed by atoms with E-state index in [4.69, 9.17) is 18.5 Å². The summed E-state index contributed by atoms with van der Waals surface area (Å²) in [4.78, 5) is 37.5. The Hall–Kier alpha value is -2.81. The van der Waals surface area contributed by atoms with Crippen molar-refractivity contribution in [3.63, 3.8) is 0 Å². The van der Waals surface area contributed by atoms with Crippen molar-refractivity contribution >= 4 is 19.8 Å². The molecule has 0 saturated carbocycles. The molecule has 0 aromatic heterocycles. The van der Waals surface area contributed by atoms with E-state index in [2.05, 4.69) is 86.8 Å². The predicted molar refractivity (Wildman–Crippen MR) is 240 cm³/mol. The number of likely N-dealkylation sites (N-methyl/N-ethyl adjacent to an activating group) is 1. The highest BCUT2D eigenvalue weighted by atomic mass is 31.2. The molecule has 0 aromatic carbocycles. The van der Waals surface area contributed by atoms with E-state index < -0.39 is 32.5 Å². The van der Waals surface area contributed by atoms with E-state index in [1.807, 2.05) is 33.3 Å². The van der Waals surface area contributed by atoms with E-state index >= 15 is 0 Å². The fraction of sp³-hybridized carbons (Fsp3) is 0.667. The molecule has 0 aliphatic heterocycles. The van der Waals surface area contributed by atoms with Crippen molar-refractivity contribution in [1.82, 2.24) is 0 Å². The van der Waals surface area contributed by atoms with Crippen LogP contribution in [-0.4, -0.2) is 70.0 Å². The van der Waals surface area contributed by atoms with Crippen molar-refractivity contribution in [2.75, 3.05) is 47.5 Å². The van der Waals surface area contributed by atoms with Crippen LogP contribution in [0.4, 0.5) is 0 Å². The molecule has 0 amide bonds. The van der Waals surface area contributed by atoms with Gasteiger partial charge in [-0.15, -0.1) is 0 Å². The van der Waals surface area contributed by atoms with E-state index in [0.29, 0.717) is 23.9 Å². The first-order chi connectivity index (χ1) is 28.0. The van der Waals surface area contributed by atoms with Crippen LogP contribution in [0.1, 0.15) is 155 Å². The van der Waals surface area contributed by atoms with Crippen LogP contribution in [0.2, 0.25) is 0 Å². The molecule has 10 heteroatoms. The Morgan fingerprint density at radius 3 is 1.53 bits per heavy atom. The third-order valence-electron chi connectivity index (χ3n) is 8.91. The maximum Gasteiger partial charge on any atom is 0.306 e. The number of quaternary nitrogens is 1. The van der Waals surface area contributed by atoms with Crippen LogP contribution in [0.25, 0.3) is 0 Å². The summed E-state index contributed by atoms with van der Waals surface area (Å²) in [7, 11) is 1.10. The Bertz CT molecular complexity index is 1260. The van der Waals surface area contributed by atoms with Crippen molar-refractivity contribution < 1.29 is 42.1 Å². The predicted octanol–water partition coefficient (Wildman–Crippen LogP) is 12.2. The van der Waals surface area contributed by atoms with Gasteiger partial charge in [-0.05, 0) is 77.0 Å². The number of carbonyl (C=O) groups is 2.